The normalized spacial score (nSPS) is 22.6. The van der Waals surface area contributed by atoms with Gasteiger partial charge in [0.25, 0.3) is 0 Å². The third-order valence-corrected chi connectivity index (χ3v) is 4.75. The molecule has 25 heavy (non-hydrogen) atoms. The summed E-state index contributed by atoms with van der Waals surface area (Å²) < 4.78 is 11.1. The number of halogens is 1. The Balaban J connectivity index is 0.00000312. The number of likely N-dealkylation sites (tertiary alicyclic amines) is 1. The summed E-state index contributed by atoms with van der Waals surface area (Å²) in [5.41, 5.74) is 0. The molecule has 1 unspecified atom stereocenters. The molecule has 2 saturated heterocycles. The Hall–Kier alpha value is -0.120. The van der Waals surface area contributed by atoms with Crippen molar-refractivity contribution in [3.8, 4) is 0 Å². The topological polar surface area (TPSA) is 58.1 Å². The van der Waals surface area contributed by atoms with E-state index in [0.717, 1.165) is 70.7 Å². The fourth-order valence-corrected chi connectivity index (χ4v) is 3.11. The molecule has 2 aliphatic heterocycles. The summed E-state index contributed by atoms with van der Waals surface area (Å²) in [6.45, 7) is 13.0. The summed E-state index contributed by atoms with van der Waals surface area (Å²) in [6.07, 6.45) is 4.95. The second kappa shape index (κ2) is 14.0. The third kappa shape index (κ3) is 9.96. The number of piperidine rings is 1. The Kier molecular flexibility index (Phi) is 12.8. The predicted octanol–water partition coefficient (Wildman–Crippen LogP) is 2.09. The van der Waals surface area contributed by atoms with Crippen LogP contribution in [0.2, 0.25) is 0 Å². The van der Waals surface area contributed by atoms with E-state index in [1.54, 1.807) is 0 Å². The van der Waals surface area contributed by atoms with E-state index in [9.17, 15) is 0 Å². The Morgan fingerprint density at radius 1 is 1.24 bits per heavy atom. The number of hydrogen-bond donors (Lipinski definition) is 2. The quantitative estimate of drug-likeness (QED) is 0.235. The fourth-order valence-electron chi connectivity index (χ4n) is 3.11. The maximum atomic E-state index is 5.77. The van der Waals surface area contributed by atoms with Gasteiger partial charge < -0.3 is 25.0 Å². The van der Waals surface area contributed by atoms with Crippen molar-refractivity contribution in [3.63, 3.8) is 0 Å². The van der Waals surface area contributed by atoms with E-state index in [1.165, 1.54) is 25.9 Å². The molecule has 7 heteroatoms. The van der Waals surface area contributed by atoms with Crippen molar-refractivity contribution in [1.29, 1.82) is 0 Å². The second-order valence-electron chi connectivity index (χ2n) is 6.92. The van der Waals surface area contributed by atoms with Crippen LogP contribution in [0.3, 0.4) is 0 Å². The van der Waals surface area contributed by atoms with Gasteiger partial charge in [-0.3, -0.25) is 4.99 Å². The van der Waals surface area contributed by atoms with Crippen LogP contribution >= 0.6 is 24.0 Å². The van der Waals surface area contributed by atoms with Crippen LogP contribution in [0, 0.1) is 5.92 Å². The lowest BCUT2D eigenvalue weighted by Crippen LogP contribution is -2.43. The van der Waals surface area contributed by atoms with Crippen molar-refractivity contribution >= 4 is 29.9 Å². The molecule has 0 amide bonds. The number of rotatable bonds is 9. The lowest BCUT2D eigenvalue weighted by Gasteiger charge is -2.30. The third-order valence-electron chi connectivity index (χ3n) is 4.75. The molecule has 0 aromatic rings. The number of hydrogen-bond acceptors (Lipinski definition) is 4. The van der Waals surface area contributed by atoms with Gasteiger partial charge in [0, 0.05) is 39.4 Å². The van der Waals surface area contributed by atoms with E-state index in [1.807, 2.05) is 0 Å². The molecule has 148 valence electrons. The zero-order valence-electron chi connectivity index (χ0n) is 16.0. The molecule has 0 bridgehead atoms. The molecule has 1 atom stereocenters. The van der Waals surface area contributed by atoms with Gasteiger partial charge in [-0.2, -0.15) is 0 Å². The van der Waals surface area contributed by atoms with Crippen molar-refractivity contribution in [2.75, 3.05) is 59.1 Å². The molecule has 0 saturated carbocycles. The van der Waals surface area contributed by atoms with Crippen LogP contribution in [-0.4, -0.2) is 76.1 Å². The van der Waals surface area contributed by atoms with Crippen LogP contribution in [0.4, 0.5) is 0 Å². The number of ether oxygens (including phenoxy) is 2. The van der Waals surface area contributed by atoms with Crippen LogP contribution in [0.15, 0.2) is 4.99 Å². The number of nitrogens with zero attached hydrogens (tertiary/aromatic N) is 2. The average Bonchev–Trinajstić information content (AvgIpc) is 3.10. The van der Waals surface area contributed by atoms with Crippen LogP contribution in [0.25, 0.3) is 0 Å². The van der Waals surface area contributed by atoms with Crippen LogP contribution < -0.4 is 10.6 Å². The van der Waals surface area contributed by atoms with Crippen molar-refractivity contribution in [2.45, 2.75) is 45.6 Å². The highest BCUT2D eigenvalue weighted by molar-refractivity contribution is 14.0. The minimum atomic E-state index is 0. The van der Waals surface area contributed by atoms with Gasteiger partial charge in [0.2, 0.25) is 0 Å². The number of nitrogens with one attached hydrogen (secondary N) is 2. The zero-order valence-corrected chi connectivity index (χ0v) is 18.3. The van der Waals surface area contributed by atoms with Gasteiger partial charge in [0.05, 0.1) is 12.7 Å². The van der Waals surface area contributed by atoms with E-state index in [-0.39, 0.29) is 24.0 Å². The van der Waals surface area contributed by atoms with E-state index < -0.39 is 0 Å². The molecule has 2 N–H and O–H groups in total. The van der Waals surface area contributed by atoms with Gasteiger partial charge in [0.1, 0.15) is 0 Å². The lowest BCUT2D eigenvalue weighted by molar-refractivity contribution is 0.0424. The van der Waals surface area contributed by atoms with Gasteiger partial charge >= 0.3 is 0 Å². The maximum Gasteiger partial charge on any atom is 0.191 e. The fraction of sp³-hybridized carbons (Fsp3) is 0.944. The van der Waals surface area contributed by atoms with E-state index >= 15 is 0 Å². The first-order chi connectivity index (χ1) is 11.8. The Morgan fingerprint density at radius 2 is 2.04 bits per heavy atom. The first-order valence-electron chi connectivity index (χ1n) is 9.71. The van der Waals surface area contributed by atoms with E-state index in [2.05, 4.69) is 34.4 Å². The molecule has 2 fully saturated rings. The highest BCUT2D eigenvalue weighted by atomic mass is 127. The molecule has 2 rings (SSSR count). The summed E-state index contributed by atoms with van der Waals surface area (Å²) in [7, 11) is 0. The van der Waals surface area contributed by atoms with Gasteiger partial charge in [-0.25, -0.2) is 0 Å². The summed E-state index contributed by atoms with van der Waals surface area (Å²) in [4.78, 5) is 7.19. The largest absolute Gasteiger partial charge is 0.379 e. The number of aliphatic imine (C=N–C) groups is 1. The standard InChI is InChI=1S/C18H36N4O2.HI/c1-3-19-18(20-8-4-13-24-17-7-14-23-15-17)21-9-12-22-10-5-16(2)6-11-22;/h16-17H,3-15H2,1-2H3,(H2,19,20,21);1H. The van der Waals surface area contributed by atoms with Gasteiger partial charge in [-0.15, -0.1) is 24.0 Å². The molecule has 0 aromatic carbocycles. The Labute approximate surface area is 170 Å². The first kappa shape index (κ1) is 22.9. The van der Waals surface area contributed by atoms with Gasteiger partial charge in [-0.05, 0) is 51.6 Å². The van der Waals surface area contributed by atoms with Crippen LogP contribution in [0.5, 0.6) is 0 Å². The van der Waals surface area contributed by atoms with Gasteiger partial charge in [0.15, 0.2) is 5.96 Å². The van der Waals surface area contributed by atoms with Crippen LogP contribution in [0.1, 0.15) is 39.5 Å². The maximum absolute atomic E-state index is 5.77. The Bertz CT molecular complexity index is 357. The minimum absolute atomic E-state index is 0. The van der Waals surface area contributed by atoms with Crippen molar-refractivity contribution in [3.05, 3.63) is 0 Å². The highest BCUT2D eigenvalue weighted by Gasteiger charge is 2.16. The van der Waals surface area contributed by atoms with E-state index in [0.29, 0.717) is 6.10 Å². The minimum Gasteiger partial charge on any atom is -0.379 e. The molecule has 6 nitrogen and oxygen atoms in total. The van der Waals surface area contributed by atoms with Crippen molar-refractivity contribution < 1.29 is 9.47 Å². The monoisotopic (exact) mass is 468 g/mol. The molecule has 0 aliphatic carbocycles. The number of guanidine groups is 1. The molecular weight excluding hydrogens is 431 g/mol. The highest BCUT2D eigenvalue weighted by Crippen LogP contribution is 2.15. The lowest BCUT2D eigenvalue weighted by atomic mass is 9.99. The second-order valence-corrected chi connectivity index (χ2v) is 6.92. The molecule has 2 heterocycles. The molecular formula is C18H37IN4O2. The summed E-state index contributed by atoms with van der Waals surface area (Å²) in [5.74, 6) is 1.82. The predicted molar refractivity (Wildman–Crippen MR) is 114 cm³/mol. The SMILES string of the molecule is CCNC(=NCCCOC1CCOC1)NCCN1CCC(C)CC1.I. The first-order valence-corrected chi connectivity index (χ1v) is 9.71. The van der Waals surface area contributed by atoms with Crippen molar-refractivity contribution in [1.82, 2.24) is 15.5 Å². The molecule has 0 spiro atoms. The molecule has 2 aliphatic rings. The average molecular weight is 468 g/mol. The summed E-state index contributed by atoms with van der Waals surface area (Å²) in [6, 6.07) is 0. The summed E-state index contributed by atoms with van der Waals surface area (Å²) >= 11 is 0. The molecule has 0 aromatic heterocycles. The smallest absolute Gasteiger partial charge is 0.191 e. The Morgan fingerprint density at radius 3 is 2.72 bits per heavy atom. The van der Waals surface area contributed by atoms with Crippen LogP contribution in [-0.2, 0) is 9.47 Å². The van der Waals surface area contributed by atoms with Gasteiger partial charge in [-0.1, -0.05) is 6.92 Å². The summed E-state index contributed by atoms with van der Waals surface area (Å²) in [5, 5.41) is 6.77. The zero-order chi connectivity index (χ0) is 17.0. The van der Waals surface area contributed by atoms with E-state index in [4.69, 9.17) is 9.47 Å². The molecule has 0 radical (unpaired) electrons. The van der Waals surface area contributed by atoms with Crippen molar-refractivity contribution in [2.24, 2.45) is 10.9 Å².